The Morgan fingerprint density at radius 1 is 0.921 bits per heavy atom. The van der Waals surface area contributed by atoms with Crippen LogP contribution >= 0.6 is 0 Å². The highest BCUT2D eigenvalue weighted by molar-refractivity contribution is 5.94. The number of hydrogen-bond donors (Lipinski definition) is 2. The van der Waals surface area contributed by atoms with Gasteiger partial charge in [0.25, 0.3) is 5.91 Å². The van der Waals surface area contributed by atoms with Gasteiger partial charge in [0.05, 0.1) is 0 Å². The molecule has 0 atom stereocenters. The van der Waals surface area contributed by atoms with Gasteiger partial charge in [-0.2, -0.15) is 28.1 Å². The SMILES string of the molecule is CC(=O)N1CCCCCCCCNc2nc(nc(OCC(F)(F)F)n2)Cc2ccc(cc2)C(=O)NCCC1. The van der Waals surface area contributed by atoms with Crippen molar-refractivity contribution in [1.82, 2.24) is 25.2 Å². The summed E-state index contributed by atoms with van der Waals surface area (Å²) >= 11 is 0. The van der Waals surface area contributed by atoms with E-state index in [2.05, 4.69) is 25.6 Å². The number of fused-ring (bicyclic) bond motifs is 16. The predicted molar refractivity (Wildman–Crippen MR) is 136 cm³/mol. The molecule has 2 aliphatic rings. The van der Waals surface area contributed by atoms with E-state index in [1.165, 1.54) is 0 Å². The molecule has 208 valence electrons. The van der Waals surface area contributed by atoms with Gasteiger partial charge in [0.1, 0.15) is 5.82 Å². The van der Waals surface area contributed by atoms with Gasteiger partial charge in [-0.3, -0.25) is 9.59 Å². The van der Waals surface area contributed by atoms with Gasteiger partial charge in [0.2, 0.25) is 11.9 Å². The van der Waals surface area contributed by atoms with Gasteiger partial charge in [0.15, 0.2) is 6.61 Å². The molecule has 4 rings (SSSR count). The minimum atomic E-state index is -4.51. The molecule has 0 radical (unpaired) electrons. The van der Waals surface area contributed by atoms with Crippen LogP contribution in [-0.2, 0) is 11.2 Å². The first-order valence-corrected chi connectivity index (χ1v) is 13.0. The summed E-state index contributed by atoms with van der Waals surface area (Å²) in [5.74, 6) is 0.228. The lowest BCUT2D eigenvalue weighted by Crippen LogP contribution is -2.33. The maximum Gasteiger partial charge on any atom is 0.422 e. The van der Waals surface area contributed by atoms with Gasteiger partial charge >= 0.3 is 12.2 Å². The summed E-state index contributed by atoms with van der Waals surface area (Å²) in [4.78, 5) is 38.7. The van der Waals surface area contributed by atoms with Crippen LogP contribution < -0.4 is 15.4 Å². The van der Waals surface area contributed by atoms with E-state index in [0.717, 1.165) is 44.1 Å². The quantitative estimate of drug-likeness (QED) is 0.594. The van der Waals surface area contributed by atoms with Gasteiger partial charge in [-0.15, -0.1) is 0 Å². The maximum atomic E-state index is 12.7. The topological polar surface area (TPSA) is 109 Å². The van der Waals surface area contributed by atoms with Gasteiger partial charge in [-0.1, -0.05) is 37.8 Å². The maximum absolute atomic E-state index is 12.7. The number of carbonyl (C=O) groups is 2. The first kappa shape index (κ1) is 29.1. The van der Waals surface area contributed by atoms with Crippen molar-refractivity contribution in [3.63, 3.8) is 0 Å². The molecule has 0 unspecified atom stereocenters. The average Bonchev–Trinajstić information content (AvgIpc) is 2.87. The number of alkyl halides is 3. The van der Waals surface area contributed by atoms with Crippen LogP contribution in [0.15, 0.2) is 24.3 Å². The summed E-state index contributed by atoms with van der Waals surface area (Å²) in [6, 6.07) is 6.44. The van der Waals surface area contributed by atoms with E-state index in [9.17, 15) is 22.8 Å². The van der Waals surface area contributed by atoms with E-state index < -0.39 is 18.8 Å². The fourth-order valence-electron chi connectivity index (χ4n) is 4.06. The number of rotatable bonds is 2. The number of amides is 2. The number of benzene rings is 1. The summed E-state index contributed by atoms with van der Waals surface area (Å²) in [5.41, 5.74) is 1.25. The molecule has 0 aliphatic carbocycles. The molecule has 1 aromatic carbocycles. The second-order valence-corrected chi connectivity index (χ2v) is 9.30. The molecule has 0 saturated carbocycles. The van der Waals surface area contributed by atoms with Crippen molar-refractivity contribution < 1.29 is 27.5 Å². The number of anilines is 1. The predicted octanol–water partition coefficient (Wildman–Crippen LogP) is 4.14. The van der Waals surface area contributed by atoms with Gasteiger partial charge in [0, 0.05) is 45.1 Å². The van der Waals surface area contributed by atoms with E-state index in [-0.39, 0.29) is 30.0 Å². The molecule has 38 heavy (non-hydrogen) atoms. The molecule has 0 saturated heterocycles. The van der Waals surface area contributed by atoms with Crippen LogP contribution in [0.25, 0.3) is 0 Å². The molecule has 3 heterocycles. The first-order chi connectivity index (χ1) is 18.2. The first-order valence-electron chi connectivity index (χ1n) is 13.0. The summed E-state index contributed by atoms with van der Waals surface area (Å²) in [6.45, 7) is 2.38. The van der Waals surface area contributed by atoms with Crippen LogP contribution in [0.1, 0.15) is 73.6 Å². The lowest BCUT2D eigenvalue weighted by Gasteiger charge is -2.21. The Bertz CT molecular complexity index is 1050. The minimum absolute atomic E-state index is 0.0378. The third kappa shape index (κ3) is 10.5. The lowest BCUT2D eigenvalue weighted by molar-refractivity contribution is -0.154. The molecule has 4 bridgehead atoms. The number of nitrogens with one attached hydrogen (secondary N) is 2. The van der Waals surface area contributed by atoms with Crippen LogP contribution in [0.5, 0.6) is 6.01 Å². The Morgan fingerprint density at radius 3 is 2.29 bits per heavy atom. The smallest absolute Gasteiger partial charge is 0.422 e. The van der Waals surface area contributed by atoms with Crippen molar-refractivity contribution in [3.8, 4) is 6.01 Å². The second kappa shape index (κ2) is 14.5. The largest absolute Gasteiger partial charge is 0.454 e. The zero-order chi connectivity index (χ0) is 27.4. The Morgan fingerprint density at radius 2 is 1.58 bits per heavy atom. The summed E-state index contributed by atoms with van der Waals surface area (Å²) < 4.78 is 42.8. The zero-order valence-electron chi connectivity index (χ0n) is 21.6. The van der Waals surface area contributed by atoms with E-state index in [4.69, 9.17) is 4.74 Å². The minimum Gasteiger partial charge on any atom is -0.454 e. The highest BCUT2D eigenvalue weighted by Crippen LogP contribution is 2.18. The molecule has 0 fully saturated rings. The van der Waals surface area contributed by atoms with E-state index in [1.54, 1.807) is 31.2 Å². The second-order valence-electron chi connectivity index (χ2n) is 9.30. The molecule has 2 N–H and O–H groups in total. The Labute approximate surface area is 220 Å². The summed E-state index contributed by atoms with van der Waals surface area (Å²) in [6.07, 6.45) is 2.22. The monoisotopic (exact) mass is 536 g/mol. The molecule has 1 aromatic heterocycles. The van der Waals surface area contributed by atoms with Crippen LogP contribution in [0.3, 0.4) is 0 Å². The van der Waals surface area contributed by atoms with Gasteiger partial charge in [-0.25, -0.2) is 0 Å². The Kier molecular flexibility index (Phi) is 11.1. The Balaban J connectivity index is 1.72. The molecule has 12 heteroatoms. The van der Waals surface area contributed by atoms with Crippen molar-refractivity contribution in [3.05, 3.63) is 41.2 Å². The number of nitrogens with zero attached hydrogens (tertiary/aromatic N) is 4. The molecule has 0 spiro atoms. The van der Waals surface area contributed by atoms with Crippen LogP contribution in [-0.4, -0.2) is 70.6 Å². The van der Waals surface area contributed by atoms with Crippen molar-refractivity contribution in [2.75, 3.05) is 38.1 Å². The van der Waals surface area contributed by atoms with E-state index >= 15 is 0 Å². The standard InChI is InChI=1S/C26H35F3N6O3/c1-19(36)35-15-7-5-3-2-4-6-13-31-24-32-22(33-25(34-24)38-18-26(27,28)29)17-20-9-11-21(12-10-20)23(37)30-14-8-16-35/h9-12H,2-8,13-18H2,1H3,(H,30,37)(H,31,32,33,34). The van der Waals surface area contributed by atoms with Crippen LogP contribution in [0, 0.1) is 0 Å². The van der Waals surface area contributed by atoms with E-state index in [1.807, 2.05) is 4.90 Å². The van der Waals surface area contributed by atoms with Crippen LogP contribution in [0.4, 0.5) is 19.1 Å². The summed E-state index contributed by atoms with van der Waals surface area (Å²) in [7, 11) is 0. The number of aromatic nitrogens is 3. The van der Waals surface area contributed by atoms with Crippen molar-refractivity contribution in [1.29, 1.82) is 0 Å². The molecule has 2 aliphatic heterocycles. The molecule has 9 nitrogen and oxygen atoms in total. The normalized spacial score (nSPS) is 16.8. The third-order valence-electron chi connectivity index (χ3n) is 6.08. The number of ether oxygens (including phenoxy) is 1. The van der Waals surface area contributed by atoms with Crippen molar-refractivity contribution in [2.24, 2.45) is 0 Å². The fraction of sp³-hybridized carbons (Fsp3) is 0.577. The van der Waals surface area contributed by atoms with Crippen molar-refractivity contribution in [2.45, 2.75) is 64.5 Å². The lowest BCUT2D eigenvalue weighted by atomic mass is 10.1. The molecule has 2 aromatic rings. The fourth-order valence-corrected chi connectivity index (χ4v) is 4.06. The summed E-state index contributed by atoms with van der Waals surface area (Å²) in [5, 5.41) is 5.94. The van der Waals surface area contributed by atoms with E-state index in [0.29, 0.717) is 38.2 Å². The number of hydrogen-bond acceptors (Lipinski definition) is 7. The number of carbonyl (C=O) groups excluding carboxylic acids is 2. The number of halogens is 3. The molecular weight excluding hydrogens is 501 g/mol. The third-order valence-corrected chi connectivity index (χ3v) is 6.08. The molecule has 2 amide bonds. The van der Waals surface area contributed by atoms with Gasteiger partial charge in [-0.05, 0) is 37.0 Å². The zero-order valence-corrected chi connectivity index (χ0v) is 21.6. The Hall–Kier alpha value is -3.44. The van der Waals surface area contributed by atoms with Crippen LogP contribution in [0.2, 0.25) is 0 Å². The highest BCUT2D eigenvalue weighted by Gasteiger charge is 2.29. The average molecular weight is 537 g/mol. The molecular formula is C26H35F3N6O3. The highest BCUT2D eigenvalue weighted by atomic mass is 19.4. The van der Waals surface area contributed by atoms with Crippen molar-refractivity contribution >= 4 is 17.8 Å². The van der Waals surface area contributed by atoms with Gasteiger partial charge < -0.3 is 20.3 Å².